The molecule has 1 aliphatic rings. The molecule has 1 aromatic heterocycles. The van der Waals surface area contributed by atoms with Gasteiger partial charge in [-0.25, -0.2) is 0 Å². The molecule has 4 rings (SSSR count). The first kappa shape index (κ1) is 17.5. The number of aryl methyl sites for hydroxylation is 1. The summed E-state index contributed by atoms with van der Waals surface area (Å²) in [4.78, 5) is 17.2. The lowest BCUT2D eigenvalue weighted by molar-refractivity contribution is 0.0711. The first-order valence-electron chi connectivity index (χ1n) is 9.38. The number of nitrogens with zero attached hydrogens (tertiary/aromatic N) is 3. The van der Waals surface area contributed by atoms with E-state index in [4.69, 9.17) is 4.74 Å². The number of fused-ring (bicyclic) bond motifs is 2. The fraction of sp³-hybridized carbons (Fsp3) is 0.318. The first-order valence-corrected chi connectivity index (χ1v) is 9.38. The Labute approximate surface area is 159 Å². The Morgan fingerprint density at radius 3 is 2.74 bits per heavy atom. The van der Waals surface area contributed by atoms with Crippen LogP contribution in [0.25, 0.3) is 10.9 Å². The molecule has 0 spiro atoms. The van der Waals surface area contributed by atoms with Crippen LogP contribution in [-0.2, 0) is 7.05 Å². The molecule has 0 fully saturated rings. The number of para-hydroxylation sites is 3. The summed E-state index contributed by atoms with van der Waals surface area (Å²) in [5.41, 5.74) is 2.92. The summed E-state index contributed by atoms with van der Waals surface area (Å²) in [6.45, 7) is 4.38. The van der Waals surface area contributed by atoms with Gasteiger partial charge in [0.05, 0.1) is 24.3 Å². The first-order chi connectivity index (χ1) is 13.1. The van der Waals surface area contributed by atoms with Crippen LogP contribution in [0.3, 0.4) is 0 Å². The van der Waals surface area contributed by atoms with Crippen LogP contribution in [0.5, 0.6) is 5.75 Å². The van der Waals surface area contributed by atoms with Gasteiger partial charge in [-0.3, -0.25) is 4.79 Å². The second-order valence-electron chi connectivity index (χ2n) is 7.10. The summed E-state index contributed by atoms with van der Waals surface area (Å²) in [5.74, 6) is 0.916. The monoisotopic (exact) mass is 363 g/mol. The number of carbonyl (C=O) groups excluding carboxylic acids is 1. The predicted octanol–water partition coefficient (Wildman–Crippen LogP) is 3.54. The zero-order chi connectivity index (χ0) is 19.0. The number of benzene rings is 2. The second kappa shape index (κ2) is 6.99. The van der Waals surface area contributed by atoms with Crippen LogP contribution < -0.4 is 9.64 Å². The number of hydrogen-bond donors (Lipinski definition) is 0. The standard InChI is InChI=1S/C22H25N3O2/c1-4-25-14-16(27-21-12-8-7-11-20(21)25)13-24(3)22(26)18-15-23(2)19-10-6-5-9-17(18)19/h5-12,15-16H,4,13-14H2,1-3H3/t16-/m1/s1. The van der Waals surface area contributed by atoms with Crippen LogP contribution in [0.2, 0.25) is 0 Å². The highest BCUT2D eigenvalue weighted by Crippen LogP contribution is 2.33. The molecule has 1 atom stereocenters. The van der Waals surface area contributed by atoms with Crippen molar-refractivity contribution in [2.45, 2.75) is 13.0 Å². The maximum Gasteiger partial charge on any atom is 0.255 e. The van der Waals surface area contributed by atoms with E-state index in [2.05, 4.69) is 17.9 Å². The summed E-state index contributed by atoms with van der Waals surface area (Å²) >= 11 is 0. The Morgan fingerprint density at radius 2 is 1.93 bits per heavy atom. The Bertz CT molecular complexity index is 979. The average Bonchev–Trinajstić information content (AvgIpc) is 3.03. The molecule has 140 valence electrons. The lowest BCUT2D eigenvalue weighted by Crippen LogP contribution is -2.46. The molecule has 1 amide bonds. The summed E-state index contributed by atoms with van der Waals surface area (Å²) < 4.78 is 8.18. The normalized spacial score (nSPS) is 16.1. The van der Waals surface area contributed by atoms with E-state index in [-0.39, 0.29) is 12.0 Å². The van der Waals surface area contributed by atoms with E-state index in [1.54, 1.807) is 4.90 Å². The number of rotatable bonds is 4. The molecule has 0 radical (unpaired) electrons. The van der Waals surface area contributed by atoms with Crippen LogP contribution in [-0.4, -0.2) is 48.2 Å². The van der Waals surface area contributed by atoms with Crippen LogP contribution in [0.15, 0.2) is 54.7 Å². The fourth-order valence-corrected chi connectivity index (χ4v) is 3.88. The van der Waals surface area contributed by atoms with Gasteiger partial charge in [0, 0.05) is 37.7 Å². The number of amides is 1. The molecule has 0 saturated carbocycles. The molecule has 0 bridgehead atoms. The van der Waals surface area contributed by atoms with Gasteiger partial charge in [-0.05, 0) is 25.1 Å². The highest BCUT2D eigenvalue weighted by atomic mass is 16.5. The van der Waals surface area contributed by atoms with Gasteiger partial charge in [0.1, 0.15) is 11.9 Å². The van der Waals surface area contributed by atoms with Crippen molar-refractivity contribution in [3.05, 3.63) is 60.3 Å². The van der Waals surface area contributed by atoms with Gasteiger partial charge in [0.2, 0.25) is 0 Å². The third-order valence-corrected chi connectivity index (χ3v) is 5.26. The number of likely N-dealkylation sites (N-methyl/N-ethyl adjacent to an activating group) is 2. The van der Waals surface area contributed by atoms with Gasteiger partial charge in [0.15, 0.2) is 0 Å². The fourth-order valence-electron chi connectivity index (χ4n) is 3.88. The van der Waals surface area contributed by atoms with Gasteiger partial charge in [-0.1, -0.05) is 30.3 Å². The maximum atomic E-state index is 13.1. The second-order valence-corrected chi connectivity index (χ2v) is 7.10. The zero-order valence-electron chi connectivity index (χ0n) is 16.1. The predicted molar refractivity (Wildman–Crippen MR) is 109 cm³/mol. The van der Waals surface area contributed by atoms with Gasteiger partial charge in [-0.2, -0.15) is 0 Å². The Balaban J connectivity index is 1.54. The van der Waals surface area contributed by atoms with E-state index in [1.807, 2.05) is 67.3 Å². The quantitative estimate of drug-likeness (QED) is 0.712. The minimum Gasteiger partial charge on any atom is -0.485 e. The van der Waals surface area contributed by atoms with Crippen molar-refractivity contribution in [1.29, 1.82) is 0 Å². The van der Waals surface area contributed by atoms with Crippen LogP contribution in [0.4, 0.5) is 5.69 Å². The van der Waals surface area contributed by atoms with Crippen molar-refractivity contribution in [2.75, 3.05) is 31.6 Å². The van der Waals surface area contributed by atoms with Gasteiger partial charge in [-0.15, -0.1) is 0 Å². The molecular weight excluding hydrogens is 338 g/mol. The SMILES string of the molecule is CCN1C[C@@H](CN(C)C(=O)c2cn(C)c3ccccc23)Oc2ccccc21. The smallest absolute Gasteiger partial charge is 0.255 e. The lowest BCUT2D eigenvalue weighted by atomic mass is 10.1. The molecule has 2 aromatic carbocycles. The summed E-state index contributed by atoms with van der Waals surface area (Å²) in [6.07, 6.45) is 1.86. The third-order valence-electron chi connectivity index (χ3n) is 5.26. The van der Waals surface area contributed by atoms with Crippen molar-refractivity contribution in [2.24, 2.45) is 7.05 Å². The van der Waals surface area contributed by atoms with E-state index < -0.39 is 0 Å². The van der Waals surface area contributed by atoms with E-state index >= 15 is 0 Å². The number of hydrogen-bond acceptors (Lipinski definition) is 3. The van der Waals surface area contributed by atoms with Crippen molar-refractivity contribution in [3.63, 3.8) is 0 Å². The molecule has 5 nitrogen and oxygen atoms in total. The molecule has 0 aliphatic carbocycles. The largest absolute Gasteiger partial charge is 0.485 e. The summed E-state index contributed by atoms with van der Waals surface area (Å²) in [6, 6.07) is 16.1. The zero-order valence-corrected chi connectivity index (χ0v) is 16.1. The van der Waals surface area contributed by atoms with E-state index in [0.717, 1.165) is 41.0 Å². The molecule has 2 heterocycles. The molecule has 5 heteroatoms. The Hall–Kier alpha value is -2.95. The summed E-state index contributed by atoms with van der Waals surface area (Å²) in [7, 11) is 3.82. The Kier molecular flexibility index (Phi) is 4.52. The topological polar surface area (TPSA) is 37.7 Å². The Morgan fingerprint density at radius 1 is 1.19 bits per heavy atom. The third kappa shape index (κ3) is 3.14. The van der Waals surface area contributed by atoms with Gasteiger partial charge < -0.3 is 19.1 Å². The minimum atomic E-state index is -0.0521. The molecule has 0 saturated heterocycles. The van der Waals surface area contributed by atoms with E-state index in [1.165, 1.54) is 0 Å². The lowest BCUT2D eigenvalue weighted by Gasteiger charge is -2.37. The highest BCUT2D eigenvalue weighted by Gasteiger charge is 2.27. The maximum absolute atomic E-state index is 13.1. The van der Waals surface area contributed by atoms with Crippen LogP contribution >= 0.6 is 0 Å². The van der Waals surface area contributed by atoms with Crippen molar-refractivity contribution in [1.82, 2.24) is 9.47 Å². The molecule has 0 unspecified atom stereocenters. The van der Waals surface area contributed by atoms with Crippen LogP contribution in [0, 0.1) is 0 Å². The van der Waals surface area contributed by atoms with Gasteiger partial charge in [0.25, 0.3) is 5.91 Å². The van der Waals surface area contributed by atoms with E-state index in [0.29, 0.717) is 6.54 Å². The number of anilines is 1. The van der Waals surface area contributed by atoms with Crippen molar-refractivity contribution in [3.8, 4) is 5.75 Å². The molecular formula is C22H25N3O2. The minimum absolute atomic E-state index is 0.0253. The molecule has 27 heavy (non-hydrogen) atoms. The average molecular weight is 363 g/mol. The molecule has 1 aliphatic heterocycles. The summed E-state index contributed by atoms with van der Waals surface area (Å²) in [5, 5.41) is 0.988. The highest BCUT2D eigenvalue weighted by molar-refractivity contribution is 6.06. The molecule has 3 aromatic rings. The van der Waals surface area contributed by atoms with Crippen molar-refractivity contribution >= 4 is 22.5 Å². The van der Waals surface area contributed by atoms with Gasteiger partial charge >= 0.3 is 0 Å². The number of ether oxygens (including phenoxy) is 1. The van der Waals surface area contributed by atoms with Crippen molar-refractivity contribution < 1.29 is 9.53 Å². The molecule has 0 N–H and O–H groups in total. The van der Waals surface area contributed by atoms with E-state index in [9.17, 15) is 4.79 Å². The number of aromatic nitrogens is 1. The number of carbonyl (C=O) groups is 1. The van der Waals surface area contributed by atoms with Crippen LogP contribution in [0.1, 0.15) is 17.3 Å².